The van der Waals surface area contributed by atoms with Gasteiger partial charge in [0.05, 0.1) is 15.6 Å². The molecule has 2 aromatic rings. The van der Waals surface area contributed by atoms with Gasteiger partial charge in [-0.3, -0.25) is 9.59 Å². The minimum Gasteiger partial charge on any atom is -0.335 e. The maximum Gasteiger partial charge on any atom is 0.416 e. The summed E-state index contributed by atoms with van der Waals surface area (Å²) in [4.78, 5) is 28.1. The number of carbonyl (C=O) groups is 2. The Morgan fingerprint density at radius 1 is 0.786 bits per heavy atom. The maximum absolute atomic E-state index is 12.8. The Morgan fingerprint density at radius 3 is 1.82 bits per heavy atom. The number of rotatable bonds is 2. The van der Waals surface area contributed by atoms with Crippen LogP contribution in [0.4, 0.5) is 13.2 Å². The number of nitrogens with zero attached hydrogens (tertiary/aromatic N) is 2. The molecule has 0 bridgehead atoms. The van der Waals surface area contributed by atoms with Crippen molar-refractivity contribution in [2.45, 2.75) is 6.18 Å². The van der Waals surface area contributed by atoms with Crippen molar-refractivity contribution in [2.75, 3.05) is 26.2 Å². The van der Waals surface area contributed by atoms with Gasteiger partial charge in [0.2, 0.25) is 0 Å². The van der Waals surface area contributed by atoms with Gasteiger partial charge in [0.15, 0.2) is 0 Å². The lowest BCUT2D eigenvalue weighted by Gasteiger charge is -2.35. The molecule has 1 saturated heterocycles. The molecule has 148 valence electrons. The predicted molar refractivity (Wildman–Crippen MR) is 99.7 cm³/mol. The lowest BCUT2D eigenvalue weighted by atomic mass is 10.1. The molecule has 9 heteroatoms. The van der Waals surface area contributed by atoms with Crippen LogP contribution in [-0.4, -0.2) is 47.8 Å². The topological polar surface area (TPSA) is 40.6 Å². The van der Waals surface area contributed by atoms with E-state index < -0.39 is 17.6 Å². The van der Waals surface area contributed by atoms with E-state index in [0.29, 0.717) is 10.6 Å². The van der Waals surface area contributed by atoms with Crippen molar-refractivity contribution in [3.05, 3.63) is 69.2 Å². The second kappa shape index (κ2) is 8.01. The zero-order valence-corrected chi connectivity index (χ0v) is 16.0. The van der Waals surface area contributed by atoms with E-state index in [1.807, 2.05) is 0 Å². The number of hydrogen-bond donors (Lipinski definition) is 0. The standard InChI is InChI=1S/C19H15Cl2F3N2O2/c20-15-5-4-13(11-16(15)21)18(28)26-8-6-25(7-9-26)17(27)12-2-1-3-14(10-12)19(22,23)24/h1-5,10-11H,6-9H2. The van der Waals surface area contributed by atoms with Crippen molar-refractivity contribution in [3.8, 4) is 0 Å². The Kier molecular flexibility index (Phi) is 5.86. The highest BCUT2D eigenvalue weighted by Gasteiger charge is 2.32. The van der Waals surface area contributed by atoms with Crippen molar-refractivity contribution in [1.82, 2.24) is 9.80 Å². The third-order valence-electron chi connectivity index (χ3n) is 4.46. The van der Waals surface area contributed by atoms with Crippen LogP contribution in [0.15, 0.2) is 42.5 Å². The number of carbonyl (C=O) groups excluding carboxylic acids is 2. The second-order valence-corrected chi connectivity index (χ2v) is 7.11. The van der Waals surface area contributed by atoms with Gasteiger partial charge < -0.3 is 9.80 Å². The molecular formula is C19H15Cl2F3N2O2. The molecule has 28 heavy (non-hydrogen) atoms. The van der Waals surface area contributed by atoms with Crippen LogP contribution in [0, 0.1) is 0 Å². The molecular weight excluding hydrogens is 416 g/mol. The summed E-state index contributed by atoms with van der Waals surface area (Å²) in [5, 5.41) is 0.612. The molecule has 4 nitrogen and oxygen atoms in total. The lowest BCUT2D eigenvalue weighted by molar-refractivity contribution is -0.137. The average molecular weight is 431 g/mol. The molecule has 1 heterocycles. The molecule has 3 rings (SSSR count). The molecule has 0 atom stereocenters. The number of amides is 2. The Labute approximate surface area is 169 Å². The first-order chi connectivity index (χ1) is 13.2. The van der Waals surface area contributed by atoms with E-state index in [2.05, 4.69) is 0 Å². The number of alkyl halides is 3. The summed E-state index contributed by atoms with van der Waals surface area (Å²) in [7, 11) is 0. The Balaban J connectivity index is 1.66. The molecule has 0 saturated carbocycles. The van der Waals surface area contributed by atoms with Crippen molar-refractivity contribution >= 4 is 35.0 Å². The predicted octanol–water partition coefficient (Wildman–Crippen LogP) is 4.61. The summed E-state index contributed by atoms with van der Waals surface area (Å²) in [6.07, 6.45) is -4.51. The Morgan fingerprint density at radius 2 is 1.32 bits per heavy atom. The molecule has 1 fully saturated rings. The van der Waals surface area contributed by atoms with Gasteiger partial charge in [-0.2, -0.15) is 13.2 Å². The molecule has 2 aromatic carbocycles. The number of hydrogen-bond acceptors (Lipinski definition) is 2. The van der Waals surface area contributed by atoms with E-state index in [0.717, 1.165) is 12.1 Å². The zero-order valence-electron chi connectivity index (χ0n) is 14.5. The van der Waals surface area contributed by atoms with Crippen molar-refractivity contribution in [2.24, 2.45) is 0 Å². The van der Waals surface area contributed by atoms with E-state index >= 15 is 0 Å². The largest absolute Gasteiger partial charge is 0.416 e. The molecule has 2 amide bonds. The minimum absolute atomic E-state index is 0.0286. The van der Waals surface area contributed by atoms with Crippen LogP contribution in [0.2, 0.25) is 10.0 Å². The van der Waals surface area contributed by atoms with Gasteiger partial charge in [-0.25, -0.2) is 0 Å². The van der Waals surface area contributed by atoms with E-state index in [9.17, 15) is 22.8 Å². The van der Waals surface area contributed by atoms with Gasteiger partial charge in [-0.15, -0.1) is 0 Å². The van der Waals surface area contributed by atoms with Crippen LogP contribution < -0.4 is 0 Å². The number of piperazine rings is 1. The summed E-state index contributed by atoms with van der Waals surface area (Å²) < 4.78 is 38.5. The summed E-state index contributed by atoms with van der Waals surface area (Å²) in [5.74, 6) is -0.738. The molecule has 0 aliphatic carbocycles. The van der Waals surface area contributed by atoms with Crippen molar-refractivity contribution in [1.29, 1.82) is 0 Å². The third kappa shape index (κ3) is 4.42. The Bertz CT molecular complexity index is 910. The first-order valence-corrected chi connectivity index (χ1v) is 9.13. The zero-order chi connectivity index (χ0) is 20.5. The van der Waals surface area contributed by atoms with Crippen molar-refractivity contribution in [3.63, 3.8) is 0 Å². The quantitative estimate of drug-likeness (QED) is 0.697. The molecule has 1 aliphatic rings. The van der Waals surface area contributed by atoms with Gasteiger partial charge >= 0.3 is 6.18 Å². The first-order valence-electron chi connectivity index (χ1n) is 8.37. The van der Waals surface area contributed by atoms with E-state index in [-0.39, 0.29) is 42.7 Å². The molecule has 1 aliphatic heterocycles. The highest BCUT2D eigenvalue weighted by atomic mass is 35.5. The normalized spacial score (nSPS) is 14.9. The monoisotopic (exact) mass is 430 g/mol. The molecule has 0 aromatic heterocycles. The molecule has 0 radical (unpaired) electrons. The summed E-state index contributed by atoms with van der Waals surface area (Å²) in [5.41, 5.74) is -0.516. The van der Waals surface area contributed by atoms with Crippen LogP contribution in [-0.2, 0) is 6.18 Å². The maximum atomic E-state index is 12.8. The summed E-state index contributed by atoms with van der Waals surface area (Å²) in [6, 6.07) is 8.90. The lowest BCUT2D eigenvalue weighted by Crippen LogP contribution is -2.50. The molecule has 0 N–H and O–H groups in total. The number of benzene rings is 2. The smallest absolute Gasteiger partial charge is 0.335 e. The Hall–Kier alpha value is -2.25. The van der Waals surface area contributed by atoms with Gasteiger partial charge in [-0.05, 0) is 36.4 Å². The fourth-order valence-electron chi connectivity index (χ4n) is 2.94. The van der Waals surface area contributed by atoms with Gasteiger partial charge in [0, 0.05) is 37.3 Å². The van der Waals surface area contributed by atoms with E-state index in [1.54, 1.807) is 11.0 Å². The highest BCUT2D eigenvalue weighted by molar-refractivity contribution is 6.42. The van der Waals surface area contributed by atoms with Crippen LogP contribution in [0.1, 0.15) is 26.3 Å². The number of halogens is 5. The minimum atomic E-state index is -4.51. The second-order valence-electron chi connectivity index (χ2n) is 6.29. The summed E-state index contributed by atoms with van der Waals surface area (Å²) in [6.45, 7) is 0.984. The van der Waals surface area contributed by atoms with Crippen molar-refractivity contribution < 1.29 is 22.8 Å². The van der Waals surface area contributed by atoms with Crippen LogP contribution in [0.25, 0.3) is 0 Å². The van der Waals surface area contributed by atoms with E-state index in [4.69, 9.17) is 23.2 Å². The third-order valence-corrected chi connectivity index (χ3v) is 5.20. The molecule has 0 unspecified atom stereocenters. The first kappa shape index (κ1) is 20.5. The average Bonchev–Trinajstić information content (AvgIpc) is 2.68. The SMILES string of the molecule is O=C(c1cccc(C(F)(F)F)c1)N1CCN(C(=O)c2ccc(Cl)c(Cl)c2)CC1. The van der Waals surface area contributed by atoms with Crippen LogP contribution >= 0.6 is 23.2 Å². The van der Waals surface area contributed by atoms with Gasteiger partial charge in [0.1, 0.15) is 0 Å². The van der Waals surface area contributed by atoms with Gasteiger partial charge in [0.25, 0.3) is 11.8 Å². The van der Waals surface area contributed by atoms with Gasteiger partial charge in [-0.1, -0.05) is 29.3 Å². The summed E-state index contributed by atoms with van der Waals surface area (Å²) >= 11 is 11.8. The van der Waals surface area contributed by atoms with Crippen LogP contribution in [0.5, 0.6) is 0 Å². The van der Waals surface area contributed by atoms with E-state index in [1.165, 1.54) is 29.2 Å². The van der Waals surface area contributed by atoms with Crippen LogP contribution in [0.3, 0.4) is 0 Å². The highest BCUT2D eigenvalue weighted by Crippen LogP contribution is 2.30. The fourth-order valence-corrected chi connectivity index (χ4v) is 3.23. The fraction of sp³-hybridized carbons (Fsp3) is 0.263. The molecule has 0 spiro atoms.